The Morgan fingerprint density at radius 2 is 1.88 bits per heavy atom. The van der Waals surface area contributed by atoms with Crippen LogP contribution in [0, 0.1) is 0 Å². The van der Waals surface area contributed by atoms with Crippen LogP contribution in [0.5, 0.6) is 0 Å². The van der Waals surface area contributed by atoms with Crippen molar-refractivity contribution in [2.24, 2.45) is 5.73 Å². The van der Waals surface area contributed by atoms with E-state index in [4.69, 9.17) is 5.73 Å². The number of rotatable bonds is 6. The van der Waals surface area contributed by atoms with Gasteiger partial charge in [0.1, 0.15) is 0 Å². The number of nitrogens with one attached hydrogen (secondary N) is 1. The molecule has 1 amide bonds. The van der Waals surface area contributed by atoms with Crippen LogP contribution >= 0.6 is 0 Å². The number of nitrogens with two attached hydrogens (primary N) is 1. The fourth-order valence-electron chi connectivity index (χ4n) is 1.93. The summed E-state index contributed by atoms with van der Waals surface area (Å²) < 4.78 is 0. The van der Waals surface area contributed by atoms with Crippen molar-refractivity contribution < 1.29 is 4.79 Å². The van der Waals surface area contributed by atoms with Gasteiger partial charge in [-0.1, -0.05) is 31.2 Å². The summed E-state index contributed by atoms with van der Waals surface area (Å²) in [6.45, 7) is 6.21. The van der Waals surface area contributed by atoms with E-state index in [1.807, 2.05) is 6.92 Å². The van der Waals surface area contributed by atoms with Gasteiger partial charge in [-0.25, -0.2) is 0 Å². The SMILES string of the molecule is CCc1ccc([C@H](C)N[C@H](C)CC(N)=O)cc1. The first-order valence-electron chi connectivity index (χ1n) is 6.16. The lowest BCUT2D eigenvalue weighted by Crippen LogP contribution is -2.32. The lowest BCUT2D eigenvalue weighted by atomic mass is 10.0. The minimum Gasteiger partial charge on any atom is -0.370 e. The summed E-state index contributed by atoms with van der Waals surface area (Å²) in [4.78, 5) is 10.8. The Hall–Kier alpha value is -1.35. The molecule has 0 fully saturated rings. The zero-order chi connectivity index (χ0) is 12.8. The smallest absolute Gasteiger partial charge is 0.218 e. The maximum Gasteiger partial charge on any atom is 0.218 e. The number of carbonyl (C=O) groups is 1. The minimum atomic E-state index is -0.265. The molecule has 0 radical (unpaired) electrons. The molecule has 2 atom stereocenters. The summed E-state index contributed by atoms with van der Waals surface area (Å²) in [5, 5.41) is 3.36. The van der Waals surface area contributed by atoms with E-state index in [1.54, 1.807) is 0 Å². The monoisotopic (exact) mass is 234 g/mol. The zero-order valence-electron chi connectivity index (χ0n) is 10.9. The van der Waals surface area contributed by atoms with Crippen molar-refractivity contribution >= 4 is 5.91 Å². The number of hydrogen-bond acceptors (Lipinski definition) is 2. The molecule has 0 spiro atoms. The number of benzene rings is 1. The standard InChI is InChI=1S/C14H22N2O/c1-4-12-5-7-13(8-6-12)11(3)16-10(2)9-14(15)17/h5-8,10-11,16H,4,9H2,1-3H3,(H2,15,17)/t10-,11+/m1/s1. The Balaban J connectivity index is 2.56. The van der Waals surface area contributed by atoms with E-state index < -0.39 is 0 Å². The quantitative estimate of drug-likeness (QED) is 0.792. The predicted octanol–water partition coefficient (Wildman–Crippen LogP) is 2.16. The van der Waals surface area contributed by atoms with Crippen molar-refractivity contribution in [1.29, 1.82) is 0 Å². The summed E-state index contributed by atoms with van der Waals surface area (Å²) in [5.41, 5.74) is 7.74. The molecule has 0 bridgehead atoms. The molecule has 94 valence electrons. The summed E-state index contributed by atoms with van der Waals surface area (Å²) in [6, 6.07) is 8.89. The molecule has 0 aliphatic heterocycles. The third-order valence-electron chi connectivity index (χ3n) is 2.93. The average molecular weight is 234 g/mol. The van der Waals surface area contributed by atoms with E-state index in [2.05, 4.69) is 43.4 Å². The summed E-state index contributed by atoms with van der Waals surface area (Å²) in [7, 11) is 0. The van der Waals surface area contributed by atoms with Crippen molar-refractivity contribution in [2.45, 2.75) is 45.7 Å². The minimum absolute atomic E-state index is 0.105. The third-order valence-corrected chi connectivity index (χ3v) is 2.93. The second-order valence-corrected chi connectivity index (χ2v) is 4.55. The van der Waals surface area contributed by atoms with Crippen LogP contribution in [-0.2, 0) is 11.2 Å². The molecule has 1 aromatic rings. The summed E-state index contributed by atoms with van der Waals surface area (Å²) >= 11 is 0. The van der Waals surface area contributed by atoms with Crippen LogP contribution in [0.3, 0.4) is 0 Å². The highest BCUT2D eigenvalue weighted by atomic mass is 16.1. The van der Waals surface area contributed by atoms with Crippen LogP contribution < -0.4 is 11.1 Å². The Labute approximate surface area is 103 Å². The van der Waals surface area contributed by atoms with E-state index in [0.29, 0.717) is 6.42 Å². The first kappa shape index (κ1) is 13.7. The molecule has 3 N–H and O–H groups in total. The molecule has 0 heterocycles. The topological polar surface area (TPSA) is 55.1 Å². The molecule has 0 aromatic heterocycles. The Bertz CT molecular complexity index is 359. The molecule has 0 unspecified atom stereocenters. The number of hydrogen-bond donors (Lipinski definition) is 2. The van der Waals surface area contributed by atoms with Gasteiger partial charge >= 0.3 is 0 Å². The maximum atomic E-state index is 10.8. The Morgan fingerprint density at radius 3 is 2.35 bits per heavy atom. The highest BCUT2D eigenvalue weighted by Crippen LogP contribution is 2.14. The van der Waals surface area contributed by atoms with E-state index in [0.717, 1.165) is 6.42 Å². The van der Waals surface area contributed by atoms with E-state index in [9.17, 15) is 4.79 Å². The van der Waals surface area contributed by atoms with Crippen LogP contribution in [0.15, 0.2) is 24.3 Å². The largest absolute Gasteiger partial charge is 0.370 e. The molecule has 17 heavy (non-hydrogen) atoms. The molecule has 3 heteroatoms. The molecule has 1 rings (SSSR count). The highest BCUT2D eigenvalue weighted by molar-refractivity contribution is 5.74. The van der Waals surface area contributed by atoms with Gasteiger partial charge in [-0.3, -0.25) is 4.79 Å². The van der Waals surface area contributed by atoms with Gasteiger partial charge in [0, 0.05) is 18.5 Å². The van der Waals surface area contributed by atoms with Crippen LogP contribution in [0.4, 0.5) is 0 Å². The van der Waals surface area contributed by atoms with E-state index >= 15 is 0 Å². The summed E-state index contributed by atoms with van der Waals surface area (Å²) in [6.07, 6.45) is 1.43. The van der Waals surface area contributed by atoms with Gasteiger partial charge in [-0.05, 0) is 31.4 Å². The molecule has 0 saturated carbocycles. The lowest BCUT2D eigenvalue weighted by molar-refractivity contribution is -0.118. The molecular formula is C14H22N2O. The Kier molecular flexibility index (Phi) is 5.16. The number of carbonyl (C=O) groups excluding carboxylic acids is 1. The highest BCUT2D eigenvalue weighted by Gasteiger charge is 2.11. The van der Waals surface area contributed by atoms with Gasteiger partial charge in [0.05, 0.1) is 0 Å². The molecule has 0 saturated heterocycles. The van der Waals surface area contributed by atoms with Crippen molar-refractivity contribution in [3.8, 4) is 0 Å². The molecular weight excluding hydrogens is 212 g/mol. The molecule has 0 aliphatic carbocycles. The van der Waals surface area contributed by atoms with Gasteiger partial charge in [0.15, 0.2) is 0 Å². The second kappa shape index (κ2) is 6.40. The van der Waals surface area contributed by atoms with Crippen molar-refractivity contribution in [3.63, 3.8) is 0 Å². The van der Waals surface area contributed by atoms with Crippen LogP contribution in [-0.4, -0.2) is 11.9 Å². The van der Waals surface area contributed by atoms with Crippen LogP contribution in [0.1, 0.15) is 44.4 Å². The van der Waals surface area contributed by atoms with Gasteiger partial charge in [0.2, 0.25) is 5.91 Å². The normalized spacial score (nSPS) is 14.3. The van der Waals surface area contributed by atoms with Gasteiger partial charge in [0.25, 0.3) is 0 Å². The molecule has 0 aliphatic rings. The second-order valence-electron chi connectivity index (χ2n) is 4.55. The number of aryl methyl sites for hydroxylation is 1. The number of primary amides is 1. The predicted molar refractivity (Wildman–Crippen MR) is 70.6 cm³/mol. The van der Waals surface area contributed by atoms with Crippen LogP contribution in [0.25, 0.3) is 0 Å². The zero-order valence-corrected chi connectivity index (χ0v) is 10.9. The van der Waals surface area contributed by atoms with Gasteiger partial charge < -0.3 is 11.1 Å². The fraction of sp³-hybridized carbons (Fsp3) is 0.500. The molecule has 1 aromatic carbocycles. The van der Waals surface area contributed by atoms with Crippen molar-refractivity contribution in [1.82, 2.24) is 5.32 Å². The number of amides is 1. The first-order chi connectivity index (χ1) is 8.02. The van der Waals surface area contributed by atoms with Crippen molar-refractivity contribution in [3.05, 3.63) is 35.4 Å². The lowest BCUT2D eigenvalue weighted by Gasteiger charge is -2.19. The van der Waals surface area contributed by atoms with Crippen molar-refractivity contribution in [2.75, 3.05) is 0 Å². The molecule has 3 nitrogen and oxygen atoms in total. The summed E-state index contributed by atoms with van der Waals surface area (Å²) in [5.74, 6) is -0.265. The Morgan fingerprint density at radius 1 is 1.29 bits per heavy atom. The first-order valence-corrected chi connectivity index (χ1v) is 6.16. The third kappa shape index (κ3) is 4.57. The van der Waals surface area contributed by atoms with E-state index in [1.165, 1.54) is 11.1 Å². The van der Waals surface area contributed by atoms with E-state index in [-0.39, 0.29) is 18.0 Å². The van der Waals surface area contributed by atoms with Crippen LogP contribution in [0.2, 0.25) is 0 Å². The van der Waals surface area contributed by atoms with Gasteiger partial charge in [-0.15, -0.1) is 0 Å². The average Bonchev–Trinajstić information content (AvgIpc) is 2.28. The maximum absolute atomic E-state index is 10.8. The fourth-order valence-corrected chi connectivity index (χ4v) is 1.93. The van der Waals surface area contributed by atoms with Gasteiger partial charge in [-0.2, -0.15) is 0 Å².